The minimum atomic E-state index is 0.0444. The predicted octanol–water partition coefficient (Wildman–Crippen LogP) is 2.48. The molecule has 1 atom stereocenters. The van der Waals surface area contributed by atoms with E-state index in [2.05, 4.69) is 11.8 Å². The summed E-state index contributed by atoms with van der Waals surface area (Å²) in [6.45, 7) is 5.33. The number of hydrogen-bond acceptors (Lipinski definition) is 3. The fourth-order valence-electron chi connectivity index (χ4n) is 3.18. The molecular formula is C16H27N3O. The van der Waals surface area contributed by atoms with Gasteiger partial charge in [-0.1, -0.05) is 19.8 Å². The van der Waals surface area contributed by atoms with Crippen LogP contribution in [0.5, 0.6) is 0 Å². The molecule has 1 unspecified atom stereocenters. The monoisotopic (exact) mass is 277 g/mol. The number of piperidine rings is 1. The van der Waals surface area contributed by atoms with Gasteiger partial charge in [0.2, 0.25) is 0 Å². The van der Waals surface area contributed by atoms with Crippen LogP contribution in [0.4, 0.5) is 5.69 Å². The minimum Gasteiger partial charge on any atom is -0.398 e. The van der Waals surface area contributed by atoms with Crippen LogP contribution in [-0.2, 0) is 6.54 Å². The molecule has 2 N–H and O–H groups in total. The molecule has 1 aromatic rings. The van der Waals surface area contributed by atoms with E-state index in [0.29, 0.717) is 5.69 Å². The number of likely N-dealkylation sites (tertiary alicyclic amines) is 1. The second-order valence-corrected chi connectivity index (χ2v) is 5.82. The predicted molar refractivity (Wildman–Crippen MR) is 83.9 cm³/mol. The van der Waals surface area contributed by atoms with E-state index in [4.69, 9.17) is 5.73 Å². The number of nitrogen functional groups attached to an aromatic ring is 1. The Morgan fingerprint density at radius 3 is 2.95 bits per heavy atom. The Morgan fingerprint density at radius 1 is 1.30 bits per heavy atom. The van der Waals surface area contributed by atoms with Gasteiger partial charge in [0.15, 0.2) is 0 Å². The van der Waals surface area contributed by atoms with Gasteiger partial charge in [-0.25, -0.2) is 0 Å². The van der Waals surface area contributed by atoms with Crippen molar-refractivity contribution in [1.82, 2.24) is 9.47 Å². The van der Waals surface area contributed by atoms with E-state index in [1.54, 1.807) is 22.9 Å². The first-order valence-corrected chi connectivity index (χ1v) is 7.90. The molecule has 4 nitrogen and oxygen atoms in total. The van der Waals surface area contributed by atoms with E-state index in [-0.39, 0.29) is 5.56 Å². The Morgan fingerprint density at radius 2 is 2.15 bits per heavy atom. The summed E-state index contributed by atoms with van der Waals surface area (Å²) in [4.78, 5) is 14.3. The summed E-state index contributed by atoms with van der Waals surface area (Å²) in [5.41, 5.74) is 6.44. The summed E-state index contributed by atoms with van der Waals surface area (Å²) in [5, 5.41) is 0. The average molecular weight is 277 g/mol. The van der Waals surface area contributed by atoms with Gasteiger partial charge in [-0.3, -0.25) is 4.79 Å². The van der Waals surface area contributed by atoms with Crippen molar-refractivity contribution in [2.24, 2.45) is 0 Å². The molecule has 2 rings (SSSR count). The second-order valence-electron chi connectivity index (χ2n) is 5.82. The average Bonchev–Trinajstić information content (AvgIpc) is 2.45. The Labute approximate surface area is 121 Å². The standard InChI is InChI=1S/C16H27N3O/c1-2-6-15-7-3-4-10-18(15)11-5-12-19-13-14(17)8-9-16(19)20/h8-9,13,15H,2-7,10-12,17H2,1H3. The molecule has 4 heteroatoms. The third kappa shape index (κ3) is 4.10. The highest BCUT2D eigenvalue weighted by Gasteiger charge is 2.20. The van der Waals surface area contributed by atoms with E-state index in [0.717, 1.165) is 25.6 Å². The van der Waals surface area contributed by atoms with E-state index in [1.807, 2.05) is 0 Å². The highest BCUT2D eigenvalue weighted by Crippen LogP contribution is 2.20. The smallest absolute Gasteiger partial charge is 0.250 e. The van der Waals surface area contributed by atoms with Gasteiger partial charge in [-0.2, -0.15) is 0 Å². The van der Waals surface area contributed by atoms with Gasteiger partial charge in [0, 0.05) is 37.1 Å². The molecule has 1 fully saturated rings. The second kappa shape index (κ2) is 7.48. The van der Waals surface area contributed by atoms with E-state index < -0.39 is 0 Å². The lowest BCUT2D eigenvalue weighted by molar-refractivity contribution is 0.136. The van der Waals surface area contributed by atoms with Gasteiger partial charge >= 0.3 is 0 Å². The number of pyridine rings is 1. The molecule has 0 aliphatic carbocycles. The Kier molecular flexibility index (Phi) is 5.65. The van der Waals surface area contributed by atoms with Gasteiger partial charge in [0.05, 0.1) is 0 Å². The van der Waals surface area contributed by atoms with Gasteiger partial charge in [0.25, 0.3) is 5.56 Å². The molecule has 0 bridgehead atoms. The molecule has 0 spiro atoms. The molecule has 0 radical (unpaired) electrons. The zero-order chi connectivity index (χ0) is 14.4. The largest absolute Gasteiger partial charge is 0.398 e. The van der Waals surface area contributed by atoms with Crippen LogP contribution in [0.1, 0.15) is 45.4 Å². The summed E-state index contributed by atoms with van der Waals surface area (Å²) in [6, 6.07) is 3.97. The molecule has 1 aliphatic heterocycles. The zero-order valence-corrected chi connectivity index (χ0v) is 12.6. The summed E-state index contributed by atoms with van der Waals surface area (Å²) < 4.78 is 1.73. The SMILES string of the molecule is CCCC1CCCCN1CCCn1cc(N)ccc1=O. The van der Waals surface area contributed by atoms with Crippen molar-refractivity contribution >= 4 is 5.69 Å². The minimum absolute atomic E-state index is 0.0444. The van der Waals surface area contributed by atoms with Crippen molar-refractivity contribution in [2.75, 3.05) is 18.8 Å². The first-order chi connectivity index (χ1) is 9.70. The van der Waals surface area contributed by atoms with Crippen LogP contribution in [0.15, 0.2) is 23.1 Å². The number of aromatic nitrogens is 1. The van der Waals surface area contributed by atoms with Crippen molar-refractivity contribution in [1.29, 1.82) is 0 Å². The topological polar surface area (TPSA) is 51.3 Å². The summed E-state index contributed by atoms with van der Waals surface area (Å²) in [5.74, 6) is 0. The first kappa shape index (κ1) is 15.1. The quantitative estimate of drug-likeness (QED) is 0.869. The fourth-order valence-corrected chi connectivity index (χ4v) is 3.18. The van der Waals surface area contributed by atoms with Crippen molar-refractivity contribution in [3.8, 4) is 0 Å². The lowest BCUT2D eigenvalue weighted by Crippen LogP contribution is -2.40. The van der Waals surface area contributed by atoms with Gasteiger partial charge in [-0.15, -0.1) is 0 Å². The third-order valence-electron chi connectivity index (χ3n) is 4.22. The normalized spacial score (nSPS) is 20.1. The van der Waals surface area contributed by atoms with Crippen molar-refractivity contribution < 1.29 is 0 Å². The number of nitrogens with two attached hydrogens (primary N) is 1. The van der Waals surface area contributed by atoms with E-state index in [9.17, 15) is 4.79 Å². The van der Waals surface area contributed by atoms with Crippen LogP contribution in [0.25, 0.3) is 0 Å². The number of anilines is 1. The first-order valence-electron chi connectivity index (χ1n) is 7.90. The highest BCUT2D eigenvalue weighted by atomic mass is 16.1. The van der Waals surface area contributed by atoms with Crippen molar-refractivity contribution in [3.05, 3.63) is 28.7 Å². The van der Waals surface area contributed by atoms with Crippen LogP contribution in [0, 0.1) is 0 Å². The summed E-state index contributed by atoms with van der Waals surface area (Å²) in [6.07, 6.45) is 9.36. The molecular weight excluding hydrogens is 250 g/mol. The molecule has 0 amide bonds. The summed E-state index contributed by atoms with van der Waals surface area (Å²) >= 11 is 0. The molecule has 2 heterocycles. The maximum atomic E-state index is 11.7. The Hall–Kier alpha value is -1.29. The van der Waals surface area contributed by atoms with Gasteiger partial charge in [0.1, 0.15) is 0 Å². The number of aryl methyl sites for hydroxylation is 1. The van der Waals surface area contributed by atoms with Crippen LogP contribution in [-0.4, -0.2) is 28.6 Å². The highest BCUT2D eigenvalue weighted by molar-refractivity contribution is 5.33. The lowest BCUT2D eigenvalue weighted by atomic mass is 9.98. The summed E-state index contributed by atoms with van der Waals surface area (Å²) in [7, 11) is 0. The molecule has 0 aromatic carbocycles. The van der Waals surface area contributed by atoms with Crippen LogP contribution in [0.2, 0.25) is 0 Å². The lowest BCUT2D eigenvalue weighted by Gasteiger charge is -2.35. The maximum absolute atomic E-state index is 11.7. The van der Waals surface area contributed by atoms with Gasteiger partial charge < -0.3 is 15.2 Å². The molecule has 1 aromatic heterocycles. The molecule has 112 valence electrons. The third-order valence-corrected chi connectivity index (χ3v) is 4.22. The van der Waals surface area contributed by atoms with Crippen molar-refractivity contribution in [2.45, 2.75) is 58.0 Å². The van der Waals surface area contributed by atoms with Crippen LogP contribution < -0.4 is 11.3 Å². The number of hydrogen-bond donors (Lipinski definition) is 1. The Balaban J connectivity index is 1.85. The molecule has 1 saturated heterocycles. The molecule has 20 heavy (non-hydrogen) atoms. The number of nitrogens with zero attached hydrogens (tertiary/aromatic N) is 2. The van der Waals surface area contributed by atoms with E-state index >= 15 is 0 Å². The number of rotatable bonds is 6. The van der Waals surface area contributed by atoms with E-state index in [1.165, 1.54) is 38.6 Å². The zero-order valence-electron chi connectivity index (χ0n) is 12.6. The molecule has 0 saturated carbocycles. The van der Waals surface area contributed by atoms with Crippen LogP contribution >= 0.6 is 0 Å². The molecule has 1 aliphatic rings. The fraction of sp³-hybridized carbons (Fsp3) is 0.688. The maximum Gasteiger partial charge on any atom is 0.250 e. The van der Waals surface area contributed by atoms with Crippen molar-refractivity contribution in [3.63, 3.8) is 0 Å². The van der Waals surface area contributed by atoms with Crippen LogP contribution in [0.3, 0.4) is 0 Å². The Bertz CT molecular complexity index is 467. The van der Waals surface area contributed by atoms with Gasteiger partial charge in [-0.05, 0) is 38.3 Å².